The molecule has 0 spiro atoms. The Bertz CT molecular complexity index is 837. The van der Waals surface area contributed by atoms with Crippen molar-refractivity contribution in [2.24, 2.45) is 0 Å². The second-order valence-electron chi connectivity index (χ2n) is 7.10. The van der Waals surface area contributed by atoms with Gasteiger partial charge in [0, 0.05) is 32.0 Å². The van der Waals surface area contributed by atoms with E-state index in [2.05, 4.69) is 4.98 Å². The Hall–Kier alpha value is -1.96. The maximum Gasteiger partial charge on any atom is 0.243 e. The standard InChI is InChI=1S/C20H29N3O3S/c1-16(2)26-20-9-8-19(13-17(20)3)27(24,25)23(12-11-22(4)5)15-18-7-6-10-21-14-18/h6-10,13-14,16H,11-12,15H2,1-5H3. The summed E-state index contributed by atoms with van der Waals surface area (Å²) >= 11 is 0. The van der Waals surface area contributed by atoms with Crippen molar-refractivity contribution in [3.63, 3.8) is 0 Å². The molecule has 0 amide bonds. The second-order valence-corrected chi connectivity index (χ2v) is 9.03. The molecular formula is C20H29N3O3S. The van der Waals surface area contributed by atoms with E-state index >= 15 is 0 Å². The van der Waals surface area contributed by atoms with Crippen molar-refractivity contribution in [1.29, 1.82) is 0 Å². The van der Waals surface area contributed by atoms with Gasteiger partial charge < -0.3 is 9.64 Å². The molecule has 2 aromatic rings. The molecule has 0 saturated carbocycles. The summed E-state index contributed by atoms with van der Waals surface area (Å²) in [4.78, 5) is 6.34. The number of hydrogen-bond donors (Lipinski definition) is 0. The zero-order valence-corrected chi connectivity index (χ0v) is 17.5. The van der Waals surface area contributed by atoms with Crippen molar-refractivity contribution in [2.75, 3.05) is 27.2 Å². The molecule has 0 N–H and O–H groups in total. The third-order valence-corrected chi connectivity index (χ3v) is 5.87. The molecule has 0 radical (unpaired) electrons. The van der Waals surface area contributed by atoms with Gasteiger partial charge in [0.15, 0.2) is 0 Å². The van der Waals surface area contributed by atoms with Gasteiger partial charge in [-0.05, 0) is 70.3 Å². The summed E-state index contributed by atoms with van der Waals surface area (Å²) in [6.07, 6.45) is 3.41. The molecule has 0 aliphatic rings. The van der Waals surface area contributed by atoms with Crippen molar-refractivity contribution in [1.82, 2.24) is 14.2 Å². The van der Waals surface area contributed by atoms with Gasteiger partial charge in [0.05, 0.1) is 11.0 Å². The molecule has 0 aliphatic carbocycles. The lowest BCUT2D eigenvalue weighted by Crippen LogP contribution is -2.36. The van der Waals surface area contributed by atoms with Crippen LogP contribution < -0.4 is 4.74 Å². The van der Waals surface area contributed by atoms with E-state index in [0.717, 1.165) is 11.1 Å². The number of aryl methyl sites for hydroxylation is 1. The molecule has 148 valence electrons. The number of ether oxygens (including phenoxy) is 1. The van der Waals surface area contributed by atoms with Crippen LogP contribution in [0.1, 0.15) is 25.0 Å². The zero-order chi connectivity index (χ0) is 20.0. The van der Waals surface area contributed by atoms with Crippen molar-refractivity contribution in [3.8, 4) is 5.75 Å². The first kappa shape index (κ1) is 21.3. The first-order valence-electron chi connectivity index (χ1n) is 9.01. The van der Waals surface area contributed by atoms with E-state index in [0.29, 0.717) is 18.8 Å². The lowest BCUT2D eigenvalue weighted by molar-refractivity contribution is 0.240. The summed E-state index contributed by atoms with van der Waals surface area (Å²) in [5, 5.41) is 0. The zero-order valence-electron chi connectivity index (χ0n) is 16.7. The minimum absolute atomic E-state index is 0.0355. The number of benzene rings is 1. The van der Waals surface area contributed by atoms with Crippen molar-refractivity contribution in [2.45, 2.75) is 38.3 Å². The number of pyridine rings is 1. The average Bonchev–Trinajstić information content (AvgIpc) is 2.60. The maximum absolute atomic E-state index is 13.3. The Labute approximate surface area is 162 Å². The normalized spacial score (nSPS) is 12.1. The Morgan fingerprint density at radius 2 is 1.89 bits per heavy atom. The third kappa shape index (κ3) is 6.02. The SMILES string of the molecule is Cc1cc(S(=O)(=O)N(CCN(C)C)Cc2cccnc2)ccc1OC(C)C. The second kappa shape index (κ2) is 9.30. The van der Waals surface area contributed by atoms with E-state index in [1.807, 2.05) is 51.9 Å². The minimum atomic E-state index is -3.64. The summed E-state index contributed by atoms with van der Waals surface area (Å²) in [7, 11) is 0.216. The van der Waals surface area contributed by atoms with Crippen LogP contribution in [0.2, 0.25) is 0 Å². The summed E-state index contributed by atoms with van der Waals surface area (Å²) in [6.45, 7) is 7.07. The van der Waals surface area contributed by atoms with Crippen LogP contribution in [-0.2, 0) is 16.6 Å². The number of aromatic nitrogens is 1. The van der Waals surface area contributed by atoms with Crippen LogP contribution in [-0.4, -0.2) is 55.9 Å². The van der Waals surface area contributed by atoms with E-state index in [-0.39, 0.29) is 17.5 Å². The van der Waals surface area contributed by atoms with Crippen molar-refractivity contribution < 1.29 is 13.2 Å². The highest BCUT2D eigenvalue weighted by atomic mass is 32.2. The summed E-state index contributed by atoms with van der Waals surface area (Å²) < 4.78 is 33.8. The van der Waals surface area contributed by atoms with E-state index in [4.69, 9.17) is 4.74 Å². The van der Waals surface area contributed by atoms with Crippen LogP contribution in [0.4, 0.5) is 0 Å². The van der Waals surface area contributed by atoms with Gasteiger partial charge in [-0.15, -0.1) is 0 Å². The molecular weight excluding hydrogens is 362 g/mol. The van der Waals surface area contributed by atoms with E-state index < -0.39 is 10.0 Å². The fourth-order valence-electron chi connectivity index (χ4n) is 2.61. The lowest BCUT2D eigenvalue weighted by atomic mass is 10.2. The molecule has 27 heavy (non-hydrogen) atoms. The van der Waals surface area contributed by atoms with Gasteiger partial charge in [0.25, 0.3) is 0 Å². The topological polar surface area (TPSA) is 62.7 Å². The third-order valence-electron chi connectivity index (χ3n) is 4.03. The molecule has 0 bridgehead atoms. The van der Waals surface area contributed by atoms with Gasteiger partial charge in [-0.1, -0.05) is 6.07 Å². The molecule has 0 atom stereocenters. The van der Waals surface area contributed by atoms with Crippen LogP contribution in [0.15, 0.2) is 47.6 Å². The van der Waals surface area contributed by atoms with Crippen LogP contribution in [0.3, 0.4) is 0 Å². The smallest absolute Gasteiger partial charge is 0.243 e. The highest BCUT2D eigenvalue weighted by Gasteiger charge is 2.25. The van der Waals surface area contributed by atoms with Gasteiger partial charge in [-0.25, -0.2) is 8.42 Å². The van der Waals surface area contributed by atoms with E-state index in [1.54, 1.807) is 30.6 Å². The quantitative estimate of drug-likeness (QED) is 0.658. The van der Waals surface area contributed by atoms with E-state index in [9.17, 15) is 8.42 Å². The van der Waals surface area contributed by atoms with Gasteiger partial charge in [0.1, 0.15) is 5.75 Å². The molecule has 6 nitrogen and oxygen atoms in total. The van der Waals surface area contributed by atoms with Crippen molar-refractivity contribution in [3.05, 3.63) is 53.9 Å². The summed E-state index contributed by atoms with van der Waals surface area (Å²) in [5.74, 6) is 0.705. The molecule has 2 rings (SSSR count). The molecule has 7 heteroatoms. The van der Waals surface area contributed by atoms with Crippen molar-refractivity contribution >= 4 is 10.0 Å². The highest BCUT2D eigenvalue weighted by Crippen LogP contribution is 2.25. The van der Waals surface area contributed by atoms with Gasteiger partial charge >= 0.3 is 0 Å². The highest BCUT2D eigenvalue weighted by molar-refractivity contribution is 7.89. The number of hydrogen-bond acceptors (Lipinski definition) is 5. The first-order valence-corrected chi connectivity index (χ1v) is 10.4. The van der Waals surface area contributed by atoms with Crippen LogP contribution in [0.5, 0.6) is 5.75 Å². The fraction of sp³-hybridized carbons (Fsp3) is 0.450. The number of sulfonamides is 1. The maximum atomic E-state index is 13.3. The number of nitrogens with zero attached hydrogens (tertiary/aromatic N) is 3. The largest absolute Gasteiger partial charge is 0.491 e. The molecule has 1 heterocycles. The molecule has 0 aliphatic heterocycles. The number of rotatable bonds is 9. The summed E-state index contributed by atoms with van der Waals surface area (Å²) in [5.41, 5.74) is 1.66. The van der Waals surface area contributed by atoms with Crippen LogP contribution >= 0.6 is 0 Å². The monoisotopic (exact) mass is 391 g/mol. The molecule has 1 aromatic heterocycles. The van der Waals surface area contributed by atoms with Gasteiger partial charge in [-0.3, -0.25) is 4.98 Å². The predicted octanol–water partition coefficient (Wildman–Crippen LogP) is 2.93. The molecule has 1 aromatic carbocycles. The lowest BCUT2D eigenvalue weighted by Gasteiger charge is -2.24. The van der Waals surface area contributed by atoms with Crippen LogP contribution in [0.25, 0.3) is 0 Å². The Morgan fingerprint density at radius 1 is 1.15 bits per heavy atom. The van der Waals surface area contributed by atoms with E-state index in [1.165, 1.54) is 4.31 Å². The minimum Gasteiger partial charge on any atom is -0.491 e. The van der Waals surface area contributed by atoms with Gasteiger partial charge in [-0.2, -0.15) is 4.31 Å². The molecule has 0 fully saturated rings. The van der Waals surface area contributed by atoms with Crippen LogP contribution in [0, 0.1) is 6.92 Å². The molecule has 0 unspecified atom stereocenters. The predicted molar refractivity (Wildman–Crippen MR) is 107 cm³/mol. The summed E-state index contributed by atoms with van der Waals surface area (Å²) in [6, 6.07) is 8.73. The number of likely N-dealkylation sites (N-methyl/N-ethyl adjacent to an activating group) is 1. The average molecular weight is 392 g/mol. The van der Waals surface area contributed by atoms with Gasteiger partial charge in [0.2, 0.25) is 10.0 Å². The Kier molecular flexibility index (Phi) is 7.35. The Morgan fingerprint density at radius 3 is 2.44 bits per heavy atom. The fourth-order valence-corrected chi connectivity index (χ4v) is 4.11. The molecule has 0 saturated heterocycles. The Balaban J connectivity index is 2.33. The first-order chi connectivity index (χ1) is 12.7.